The maximum atomic E-state index is 11.2. The van der Waals surface area contributed by atoms with Gasteiger partial charge in [0.2, 0.25) is 0 Å². The van der Waals surface area contributed by atoms with E-state index >= 15 is 0 Å². The van der Waals surface area contributed by atoms with Gasteiger partial charge < -0.3 is 10.2 Å². The topological polar surface area (TPSA) is 75.5 Å². The van der Waals surface area contributed by atoms with Crippen LogP contribution in [0.2, 0.25) is 0 Å². The van der Waals surface area contributed by atoms with Crippen molar-refractivity contribution in [3.05, 3.63) is 33.9 Å². The summed E-state index contributed by atoms with van der Waals surface area (Å²) in [6.07, 6.45) is 5.15. The number of hydrogen-bond donors (Lipinski definition) is 1. The van der Waals surface area contributed by atoms with E-state index < -0.39 is 4.92 Å². The number of benzene rings is 1. The van der Waals surface area contributed by atoms with Crippen LogP contribution in [-0.4, -0.2) is 41.3 Å². The number of nitro groups is 1. The summed E-state index contributed by atoms with van der Waals surface area (Å²) in [5.41, 5.74) is 0.827. The van der Waals surface area contributed by atoms with E-state index in [9.17, 15) is 14.9 Å². The molecule has 0 aliphatic carbocycles. The molecule has 1 aromatic carbocycles. The molecule has 112 valence electrons. The first-order valence-electron chi connectivity index (χ1n) is 7.41. The van der Waals surface area contributed by atoms with Crippen molar-refractivity contribution < 1.29 is 9.72 Å². The minimum absolute atomic E-state index is 0.0200. The fourth-order valence-corrected chi connectivity index (χ4v) is 3.47. The Kier molecular flexibility index (Phi) is 3.88. The summed E-state index contributed by atoms with van der Waals surface area (Å²) < 4.78 is 0. The first kappa shape index (κ1) is 14.0. The van der Waals surface area contributed by atoms with Gasteiger partial charge in [0.15, 0.2) is 0 Å². The highest BCUT2D eigenvalue weighted by atomic mass is 16.6. The van der Waals surface area contributed by atoms with Gasteiger partial charge in [-0.25, -0.2) is 0 Å². The van der Waals surface area contributed by atoms with Gasteiger partial charge in [-0.15, -0.1) is 0 Å². The minimum atomic E-state index is -0.431. The molecule has 0 radical (unpaired) electrons. The zero-order valence-corrected chi connectivity index (χ0v) is 11.8. The Bertz CT molecular complexity index is 561. The number of aldehydes is 1. The molecule has 2 unspecified atom stereocenters. The van der Waals surface area contributed by atoms with Crippen molar-refractivity contribution in [2.75, 3.05) is 18.4 Å². The highest BCUT2D eigenvalue weighted by molar-refractivity contribution is 5.79. The Morgan fingerprint density at radius 2 is 2.19 bits per heavy atom. The van der Waals surface area contributed by atoms with E-state index in [4.69, 9.17) is 0 Å². The average molecular weight is 289 g/mol. The van der Waals surface area contributed by atoms with E-state index in [-0.39, 0.29) is 11.7 Å². The van der Waals surface area contributed by atoms with Crippen LogP contribution in [0.1, 0.15) is 36.0 Å². The first-order valence-corrected chi connectivity index (χ1v) is 7.41. The maximum absolute atomic E-state index is 11.2. The third-order valence-corrected chi connectivity index (χ3v) is 4.53. The van der Waals surface area contributed by atoms with Crippen LogP contribution in [0.5, 0.6) is 0 Å². The van der Waals surface area contributed by atoms with E-state index in [2.05, 4.69) is 10.2 Å². The van der Waals surface area contributed by atoms with Crippen molar-refractivity contribution in [1.29, 1.82) is 0 Å². The number of anilines is 1. The fraction of sp³-hybridized carbons (Fsp3) is 0.533. The molecular formula is C15H19N3O3. The fourth-order valence-electron chi connectivity index (χ4n) is 3.47. The number of nitrogens with zero attached hydrogens (tertiary/aromatic N) is 2. The van der Waals surface area contributed by atoms with Crippen molar-refractivity contribution in [3.63, 3.8) is 0 Å². The highest BCUT2D eigenvalue weighted by Gasteiger charge is 2.32. The van der Waals surface area contributed by atoms with Crippen LogP contribution < -0.4 is 5.32 Å². The third kappa shape index (κ3) is 2.90. The van der Waals surface area contributed by atoms with Crippen molar-refractivity contribution in [1.82, 2.24) is 4.90 Å². The Balaban J connectivity index is 1.75. The second-order valence-corrected chi connectivity index (χ2v) is 5.85. The van der Waals surface area contributed by atoms with Crippen LogP contribution >= 0.6 is 0 Å². The van der Waals surface area contributed by atoms with Gasteiger partial charge >= 0.3 is 0 Å². The number of hydrogen-bond acceptors (Lipinski definition) is 5. The van der Waals surface area contributed by atoms with Crippen LogP contribution in [0.4, 0.5) is 11.4 Å². The maximum Gasteiger partial charge on any atom is 0.293 e. The van der Waals surface area contributed by atoms with Crippen LogP contribution in [-0.2, 0) is 0 Å². The van der Waals surface area contributed by atoms with E-state index in [1.165, 1.54) is 25.5 Å². The number of rotatable bonds is 4. The van der Waals surface area contributed by atoms with Gasteiger partial charge in [0, 0.05) is 30.3 Å². The molecule has 0 saturated carbocycles. The monoisotopic (exact) mass is 289 g/mol. The summed E-state index contributed by atoms with van der Waals surface area (Å²) >= 11 is 0. The van der Waals surface area contributed by atoms with Crippen molar-refractivity contribution in [2.45, 2.75) is 37.8 Å². The summed E-state index contributed by atoms with van der Waals surface area (Å²) in [7, 11) is 0. The van der Waals surface area contributed by atoms with Crippen LogP contribution in [0.3, 0.4) is 0 Å². The lowest BCUT2D eigenvalue weighted by Gasteiger charge is -2.35. The highest BCUT2D eigenvalue weighted by Crippen LogP contribution is 2.31. The Morgan fingerprint density at radius 3 is 2.95 bits per heavy atom. The number of nitro benzene ring substituents is 1. The third-order valence-electron chi connectivity index (χ3n) is 4.53. The Hall–Kier alpha value is -1.95. The van der Waals surface area contributed by atoms with E-state index in [1.807, 2.05) is 0 Å². The van der Waals surface area contributed by atoms with Crippen molar-refractivity contribution in [3.8, 4) is 0 Å². The summed E-state index contributed by atoms with van der Waals surface area (Å²) in [4.78, 5) is 24.0. The molecule has 0 aromatic heterocycles. The summed E-state index contributed by atoms with van der Waals surface area (Å²) in [6.45, 7) is 2.24. The van der Waals surface area contributed by atoms with Crippen LogP contribution in [0.15, 0.2) is 18.2 Å². The molecule has 2 aliphatic heterocycles. The van der Waals surface area contributed by atoms with Crippen molar-refractivity contribution >= 4 is 17.7 Å². The standard InChI is InChI=1S/C15H19N3O3/c19-10-11-3-4-14(15(8-11)18(20)21)16-12-5-7-17-6-1-2-13(17)9-12/h3-4,8,10,12-13,16H,1-2,5-7,9H2. The normalized spacial score (nSPS) is 25.3. The van der Waals surface area contributed by atoms with Gasteiger partial charge in [0.1, 0.15) is 12.0 Å². The first-order chi connectivity index (χ1) is 10.2. The largest absolute Gasteiger partial charge is 0.377 e. The number of nitrogens with one attached hydrogen (secondary N) is 1. The lowest BCUT2D eigenvalue weighted by atomic mass is 9.97. The smallest absolute Gasteiger partial charge is 0.293 e. The molecule has 6 nitrogen and oxygen atoms in total. The zero-order chi connectivity index (χ0) is 14.8. The minimum Gasteiger partial charge on any atom is -0.377 e. The second kappa shape index (κ2) is 5.81. The number of carbonyl (C=O) groups is 1. The van der Waals surface area contributed by atoms with Gasteiger partial charge in [-0.1, -0.05) is 0 Å². The second-order valence-electron chi connectivity index (χ2n) is 5.85. The van der Waals surface area contributed by atoms with Gasteiger partial charge in [-0.3, -0.25) is 14.9 Å². The predicted octanol–water partition coefficient (Wildman–Crippen LogP) is 2.45. The number of carbonyl (C=O) groups excluding carboxylic acids is 1. The number of piperidine rings is 1. The molecular weight excluding hydrogens is 270 g/mol. The molecule has 2 aliphatic rings. The summed E-state index contributed by atoms with van der Waals surface area (Å²) in [5, 5.41) is 14.5. The Morgan fingerprint density at radius 1 is 1.33 bits per heavy atom. The van der Waals surface area contributed by atoms with Gasteiger partial charge in [-0.05, 0) is 44.4 Å². The molecule has 0 bridgehead atoms. The molecule has 1 aromatic rings. The average Bonchev–Trinajstić information content (AvgIpc) is 2.95. The number of fused-ring (bicyclic) bond motifs is 1. The van der Waals surface area contributed by atoms with E-state index in [1.54, 1.807) is 12.1 Å². The quantitative estimate of drug-likeness (QED) is 0.523. The Labute approximate surface area is 123 Å². The molecule has 1 N–H and O–H groups in total. The van der Waals surface area contributed by atoms with Gasteiger partial charge in [0.25, 0.3) is 5.69 Å². The van der Waals surface area contributed by atoms with Crippen molar-refractivity contribution in [2.24, 2.45) is 0 Å². The molecule has 2 atom stereocenters. The molecule has 2 heterocycles. The predicted molar refractivity (Wildman–Crippen MR) is 79.7 cm³/mol. The molecule has 6 heteroatoms. The van der Waals surface area contributed by atoms with Crippen LogP contribution in [0.25, 0.3) is 0 Å². The molecule has 2 saturated heterocycles. The van der Waals surface area contributed by atoms with Gasteiger partial charge in [0.05, 0.1) is 4.92 Å². The molecule has 21 heavy (non-hydrogen) atoms. The molecule has 0 spiro atoms. The molecule has 3 rings (SSSR count). The lowest BCUT2D eigenvalue weighted by Crippen LogP contribution is -2.42. The van der Waals surface area contributed by atoms with Crippen LogP contribution in [0, 0.1) is 10.1 Å². The van der Waals surface area contributed by atoms with E-state index in [0.717, 1.165) is 19.4 Å². The lowest BCUT2D eigenvalue weighted by molar-refractivity contribution is -0.384. The molecule has 0 amide bonds. The SMILES string of the molecule is O=Cc1ccc(NC2CCN3CCCC3C2)c([N+](=O)[O-])c1. The zero-order valence-electron chi connectivity index (χ0n) is 11.8. The van der Waals surface area contributed by atoms with E-state index in [0.29, 0.717) is 23.6 Å². The van der Waals surface area contributed by atoms with Gasteiger partial charge in [-0.2, -0.15) is 0 Å². The summed E-state index contributed by atoms with van der Waals surface area (Å²) in [6, 6.07) is 5.48. The molecule has 2 fully saturated rings. The summed E-state index contributed by atoms with van der Waals surface area (Å²) in [5.74, 6) is 0.